The summed E-state index contributed by atoms with van der Waals surface area (Å²) >= 11 is 0. The number of hydrogen-bond acceptors (Lipinski definition) is 3. The molecule has 108 valence electrons. The standard InChI is InChI=1S/C15H19NO4/c1-9-4-5-10(8-13(9)20-3)14(17)16(2)12-6-11(7-12)15(18)19/h4-5,8,11-12H,6-7H2,1-3H3,(H,18,19). The van der Waals surface area contributed by atoms with E-state index in [0.29, 0.717) is 24.2 Å². The molecule has 1 aromatic rings. The van der Waals surface area contributed by atoms with Gasteiger partial charge in [0, 0.05) is 18.7 Å². The Kier molecular flexibility index (Phi) is 3.97. The Labute approximate surface area is 118 Å². The molecule has 1 fully saturated rings. The Balaban J connectivity index is 2.06. The van der Waals surface area contributed by atoms with Crippen LogP contribution in [-0.2, 0) is 4.79 Å². The molecule has 0 spiro atoms. The van der Waals surface area contributed by atoms with Gasteiger partial charge >= 0.3 is 5.97 Å². The minimum Gasteiger partial charge on any atom is -0.496 e. The Morgan fingerprint density at radius 1 is 1.35 bits per heavy atom. The second-order valence-electron chi connectivity index (χ2n) is 5.26. The molecule has 0 radical (unpaired) electrons. The topological polar surface area (TPSA) is 66.8 Å². The van der Waals surface area contributed by atoms with Crippen molar-refractivity contribution in [2.75, 3.05) is 14.2 Å². The molecule has 0 aliphatic heterocycles. The lowest BCUT2D eigenvalue weighted by Crippen LogP contribution is -2.47. The molecule has 1 N–H and O–H groups in total. The van der Waals surface area contributed by atoms with Gasteiger partial charge < -0.3 is 14.7 Å². The maximum absolute atomic E-state index is 12.4. The molecule has 0 heterocycles. The van der Waals surface area contributed by atoms with E-state index in [4.69, 9.17) is 9.84 Å². The molecule has 5 heteroatoms. The van der Waals surface area contributed by atoms with Crippen LogP contribution in [0.2, 0.25) is 0 Å². The summed E-state index contributed by atoms with van der Waals surface area (Å²) in [5.41, 5.74) is 1.54. The van der Waals surface area contributed by atoms with E-state index in [0.717, 1.165) is 5.56 Å². The first-order valence-corrected chi connectivity index (χ1v) is 6.58. The predicted octanol–water partition coefficient (Wildman–Crippen LogP) is 1.94. The highest BCUT2D eigenvalue weighted by atomic mass is 16.5. The first-order valence-electron chi connectivity index (χ1n) is 6.58. The number of methoxy groups -OCH3 is 1. The quantitative estimate of drug-likeness (QED) is 0.913. The van der Waals surface area contributed by atoms with Gasteiger partial charge in [-0.05, 0) is 37.5 Å². The Bertz CT molecular complexity index is 535. The third-order valence-electron chi connectivity index (χ3n) is 3.99. The van der Waals surface area contributed by atoms with Crippen molar-refractivity contribution in [1.82, 2.24) is 4.90 Å². The Morgan fingerprint density at radius 2 is 2.00 bits per heavy atom. The lowest BCUT2D eigenvalue weighted by atomic mass is 9.79. The number of amides is 1. The van der Waals surface area contributed by atoms with Crippen molar-refractivity contribution in [3.8, 4) is 5.75 Å². The van der Waals surface area contributed by atoms with Crippen LogP contribution in [0.3, 0.4) is 0 Å². The van der Waals surface area contributed by atoms with E-state index in [1.807, 2.05) is 13.0 Å². The van der Waals surface area contributed by atoms with E-state index in [-0.39, 0.29) is 17.9 Å². The summed E-state index contributed by atoms with van der Waals surface area (Å²) in [5.74, 6) is -0.514. The van der Waals surface area contributed by atoms with Crippen molar-refractivity contribution in [3.05, 3.63) is 29.3 Å². The first kappa shape index (κ1) is 14.4. The van der Waals surface area contributed by atoms with E-state index < -0.39 is 5.97 Å². The number of aryl methyl sites for hydroxylation is 1. The van der Waals surface area contributed by atoms with Crippen LogP contribution in [0.15, 0.2) is 18.2 Å². The Hall–Kier alpha value is -2.04. The highest BCUT2D eigenvalue weighted by molar-refractivity contribution is 5.95. The van der Waals surface area contributed by atoms with Crippen molar-refractivity contribution in [1.29, 1.82) is 0 Å². The molecular formula is C15H19NO4. The van der Waals surface area contributed by atoms with Gasteiger partial charge in [0.15, 0.2) is 0 Å². The summed E-state index contributed by atoms with van der Waals surface area (Å²) in [4.78, 5) is 24.8. The van der Waals surface area contributed by atoms with Gasteiger partial charge in [0.1, 0.15) is 5.75 Å². The monoisotopic (exact) mass is 277 g/mol. The van der Waals surface area contributed by atoms with Gasteiger partial charge in [0.05, 0.1) is 13.0 Å². The van der Waals surface area contributed by atoms with E-state index in [9.17, 15) is 9.59 Å². The predicted molar refractivity (Wildman–Crippen MR) is 74.0 cm³/mol. The van der Waals surface area contributed by atoms with Crippen LogP contribution in [0.1, 0.15) is 28.8 Å². The van der Waals surface area contributed by atoms with Crippen LogP contribution in [0, 0.1) is 12.8 Å². The molecule has 0 unspecified atom stereocenters. The van der Waals surface area contributed by atoms with E-state index in [2.05, 4.69) is 0 Å². The minimum absolute atomic E-state index is 0.0101. The van der Waals surface area contributed by atoms with Crippen molar-refractivity contribution in [2.45, 2.75) is 25.8 Å². The van der Waals surface area contributed by atoms with Crippen LogP contribution < -0.4 is 4.74 Å². The van der Waals surface area contributed by atoms with Crippen molar-refractivity contribution >= 4 is 11.9 Å². The molecule has 1 amide bonds. The molecule has 1 aliphatic rings. The summed E-state index contributed by atoms with van der Waals surface area (Å²) in [6, 6.07) is 5.35. The number of carboxylic acids is 1. The van der Waals surface area contributed by atoms with Crippen molar-refractivity contribution in [2.24, 2.45) is 5.92 Å². The van der Waals surface area contributed by atoms with Crippen molar-refractivity contribution < 1.29 is 19.4 Å². The number of hydrogen-bond donors (Lipinski definition) is 1. The molecule has 1 aromatic carbocycles. The fraction of sp³-hybridized carbons (Fsp3) is 0.467. The number of aliphatic carboxylic acids is 1. The number of carbonyl (C=O) groups excluding carboxylic acids is 1. The van der Waals surface area contributed by atoms with Gasteiger partial charge in [-0.25, -0.2) is 0 Å². The van der Waals surface area contributed by atoms with Crippen LogP contribution in [-0.4, -0.2) is 42.1 Å². The molecule has 1 aliphatic carbocycles. The maximum Gasteiger partial charge on any atom is 0.306 e. The van der Waals surface area contributed by atoms with Gasteiger partial charge in [-0.15, -0.1) is 0 Å². The molecule has 0 saturated heterocycles. The zero-order chi connectivity index (χ0) is 14.9. The van der Waals surface area contributed by atoms with Crippen LogP contribution in [0.5, 0.6) is 5.75 Å². The summed E-state index contributed by atoms with van der Waals surface area (Å²) in [6.45, 7) is 1.92. The molecular weight excluding hydrogens is 258 g/mol. The summed E-state index contributed by atoms with van der Waals surface area (Å²) in [7, 11) is 3.29. The average Bonchev–Trinajstić information content (AvgIpc) is 2.36. The van der Waals surface area contributed by atoms with Gasteiger partial charge in [-0.2, -0.15) is 0 Å². The molecule has 0 bridgehead atoms. The SMILES string of the molecule is COc1cc(C(=O)N(C)C2CC(C(=O)O)C2)ccc1C. The maximum atomic E-state index is 12.4. The van der Waals surface area contributed by atoms with E-state index in [1.54, 1.807) is 31.2 Å². The van der Waals surface area contributed by atoms with Crippen LogP contribution in [0.4, 0.5) is 0 Å². The third kappa shape index (κ3) is 2.61. The Morgan fingerprint density at radius 3 is 2.55 bits per heavy atom. The number of ether oxygens (including phenoxy) is 1. The zero-order valence-electron chi connectivity index (χ0n) is 11.9. The smallest absolute Gasteiger partial charge is 0.306 e. The zero-order valence-corrected chi connectivity index (χ0v) is 11.9. The van der Waals surface area contributed by atoms with Crippen molar-refractivity contribution in [3.63, 3.8) is 0 Å². The highest BCUT2D eigenvalue weighted by Gasteiger charge is 2.38. The van der Waals surface area contributed by atoms with Crippen LogP contribution >= 0.6 is 0 Å². The summed E-state index contributed by atoms with van der Waals surface area (Å²) < 4.78 is 5.22. The lowest BCUT2D eigenvalue weighted by Gasteiger charge is -2.39. The third-order valence-corrected chi connectivity index (χ3v) is 3.99. The number of carboxylic acid groups (broad SMARTS) is 1. The normalized spacial score (nSPS) is 20.9. The van der Waals surface area contributed by atoms with Gasteiger partial charge in [0.2, 0.25) is 0 Å². The number of carbonyl (C=O) groups is 2. The van der Waals surface area contributed by atoms with Gasteiger partial charge in [-0.1, -0.05) is 6.07 Å². The largest absolute Gasteiger partial charge is 0.496 e. The molecule has 0 atom stereocenters. The fourth-order valence-electron chi connectivity index (χ4n) is 2.43. The van der Waals surface area contributed by atoms with Crippen LogP contribution in [0.25, 0.3) is 0 Å². The second kappa shape index (κ2) is 5.53. The molecule has 0 aromatic heterocycles. The lowest BCUT2D eigenvalue weighted by molar-refractivity contribution is -0.146. The second-order valence-corrected chi connectivity index (χ2v) is 5.26. The highest BCUT2D eigenvalue weighted by Crippen LogP contribution is 2.32. The molecule has 20 heavy (non-hydrogen) atoms. The number of rotatable bonds is 4. The molecule has 1 saturated carbocycles. The number of benzene rings is 1. The van der Waals surface area contributed by atoms with Gasteiger partial charge in [-0.3, -0.25) is 9.59 Å². The molecule has 5 nitrogen and oxygen atoms in total. The van der Waals surface area contributed by atoms with E-state index >= 15 is 0 Å². The summed E-state index contributed by atoms with van der Waals surface area (Å²) in [5, 5.41) is 8.87. The summed E-state index contributed by atoms with van der Waals surface area (Å²) in [6.07, 6.45) is 1.06. The van der Waals surface area contributed by atoms with E-state index in [1.165, 1.54) is 0 Å². The average molecular weight is 277 g/mol. The minimum atomic E-state index is -0.779. The number of nitrogens with zero attached hydrogens (tertiary/aromatic N) is 1. The van der Waals surface area contributed by atoms with Gasteiger partial charge in [0.25, 0.3) is 5.91 Å². The first-order chi connectivity index (χ1) is 9.43. The fourth-order valence-corrected chi connectivity index (χ4v) is 2.43. The molecule has 2 rings (SSSR count).